The average molecular weight is 1030 g/mol. The van der Waals surface area contributed by atoms with E-state index in [2.05, 4.69) is 55.1 Å². The van der Waals surface area contributed by atoms with Gasteiger partial charge in [0, 0.05) is 48.2 Å². The Kier molecular flexibility index (Phi) is 19.2. The molecule has 2 heterocycles. The highest BCUT2D eigenvalue weighted by Crippen LogP contribution is 2.62. The van der Waals surface area contributed by atoms with Gasteiger partial charge >= 0.3 is 6.09 Å². The molecule has 7 atom stereocenters. The highest BCUT2D eigenvalue weighted by molar-refractivity contribution is 7.99. The smallest absolute Gasteiger partial charge is 0.410 e. The lowest BCUT2D eigenvalue weighted by Gasteiger charge is -2.60. The van der Waals surface area contributed by atoms with Crippen LogP contribution in [0.2, 0.25) is 0 Å². The number of oxime groups is 1. The fourth-order valence-corrected chi connectivity index (χ4v) is 12.2. The molecule has 0 bridgehead atoms. The first-order valence-corrected chi connectivity index (χ1v) is 27.7. The molecule has 5 aromatic rings. The SMILES string of the molecule is C=CCO[C@@]12Oc3ccc(OCCSc4ccccc4)cc3[C@H]3[C@H](CCCCO)[C@@H](CCCCO)C=C(C(=NOC4CCCCO4)C[C@@H]1N(Cc1cccc4ccccc14)C(=O)OCCOCc1ccccc1)[C@H]32. The molecule has 4 aliphatic rings. The van der Waals surface area contributed by atoms with Gasteiger partial charge in [-0.15, -0.1) is 18.3 Å². The van der Waals surface area contributed by atoms with E-state index in [4.69, 9.17) is 38.4 Å². The molecule has 9 rings (SSSR count). The number of aliphatic hydroxyl groups is 2. The summed E-state index contributed by atoms with van der Waals surface area (Å²) in [5.41, 5.74) is 4.59. The highest BCUT2D eigenvalue weighted by Gasteiger charge is 2.66. The van der Waals surface area contributed by atoms with Crippen molar-refractivity contribution in [2.24, 2.45) is 22.9 Å². The quantitative estimate of drug-likeness (QED) is 0.0237. The molecule has 392 valence electrons. The Balaban J connectivity index is 1.17. The van der Waals surface area contributed by atoms with Crippen LogP contribution in [0, 0.1) is 17.8 Å². The largest absolute Gasteiger partial charge is 0.493 e. The predicted octanol–water partition coefficient (Wildman–Crippen LogP) is 12.0. The number of carbonyl (C=O) groups excluding carboxylic acids is 1. The van der Waals surface area contributed by atoms with Crippen molar-refractivity contribution in [1.29, 1.82) is 0 Å². The molecule has 1 saturated heterocycles. The third-order valence-electron chi connectivity index (χ3n) is 14.8. The van der Waals surface area contributed by atoms with Gasteiger partial charge in [-0.3, -0.25) is 4.90 Å². The number of thioether (sulfide) groups is 1. The summed E-state index contributed by atoms with van der Waals surface area (Å²) in [5, 5.41) is 27.4. The maximum Gasteiger partial charge on any atom is 0.410 e. The molecule has 0 aromatic heterocycles. The number of fused-ring (bicyclic) bond motifs is 3. The van der Waals surface area contributed by atoms with Gasteiger partial charge in [-0.25, -0.2) is 4.79 Å². The number of carbonyl (C=O) groups is 1. The van der Waals surface area contributed by atoms with Crippen molar-refractivity contribution in [2.45, 2.75) is 106 Å². The Morgan fingerprint density at radius 2 is 1.65 bits per heavy atom. The maximum atomic E-state index is 15.4. The zero-order valence-corrected chi connectivity index (χ0v) is 43.3. The second-order valence-corrected chi connectivity index (χ2v) is 20.8. The van der Waals surface area contributed by atoms with Crippen molar-refractivity contribution in [3.63, 3.8) is 0 Å². The molecule has 1 saturated carbocycles. The lowest BCUT2D eigenvalue weighted by Crippen LogP contribution is -2.70. The Morgan fingerprint density at radius 3 is 2.45 bits per heavy atom. The number of ether oxygens (including phenoxy) is 6. The van der Waals surface area contributed by atoms with E-state index in [1.165, 1.54) is 4.90 Å². The summed E-state index contributed by atoms with van der Waals surface area (Å²) in [5.74, 6) is 0.000273. The van der Waals surface area contributed by atoms with E-state index in [9.17, 15) is 10.2 Å². The lowest BCUT2D eigenvalue weighted by atomic mass is 9.55. The number of rotatable bonds is 26. The van der Waals surface area contributed by atoms with Gasteiger partial charge in [-0.1, -0.05) is 121 Å². The average Bonchev–Trinajstić information content (AvgIpc) is 3.48. The summed E-state index contributed by atoms with van der Waals surface area (Å²) in [6.45, 7) is 6.29. The van der Waals surface area contributed by atoms with Crippen LogP contribution in [0.5, 0.6) is 11.5 Å². The number of amides is 1. The van der Waals surface area contributed by atoms with E-state index < -0.39 is 30.1 Å². The van der Waals surface area contributed by atoms with Gasteiger partial charge in [-0.2, -0.15) is 0 Å². The molecule has 74 heavy (non-hydrogen) atoms. The first kappa shape index (κ1) is 53.2. The molecule has 2 aliphatic carbocycles. The van der Waals surface area contributed by atoms with Crippen LogP contribution >= 0.6 is 11.8 Å². The molecule has 2 fully saturated rings. The Hall–Kier alpha value is -5.67. The van der Waals surface area contributed by atoms with E-state index in [0.717, 1.165) is 83.1 Å². The summed E-state index contributed by atoms with van der Waals surface area (Å²) in [7, 11) is 0. The van der Waals surface area contributed by atoms with Gasteiger partial charge in [-0.05, 0) is 108 Å². The van der Waals surface area contributed by atoms with Crippen LogP contribution in [0.4, 0.5) is 4.79 Å². The van der Waals surface area contributed by atoms with Gasteiger partial charge in [0.25, 0.3) is 0 Å². The van der Waals surface area contributed by atoms with E-state index in [-0.39, 0.29) is 63.8 Å². The molecule has 0 spiro atoms. The second-order valence-electron chi connectivity index (χ2n) is 19.6. The Morgan fingerprint density at radius 1 is 0.865 bits per heavy atom. The molecule has 0 radical (unpaired) electrons. The van der Waals surface area contributed by atoms with Crippen LogP contribution in [0.15, 0.2) is 156 Å². The minimum absolute atomic E-state index is 0.0179. The summed E-state index contributed by atoms with van der Waals surface area (Å²) < 4.78 is 39.8. The van der Waals surface area contributed by atoms with Gasteiger partial charge in [0.15, 0.2) is 0 Å². The standard InChI is InChI=1S/C61H72N2O10S/c1-2-33-71-61-56(63(42-47-23-17-22-45-20-9-10-26-50(45)47)60(66)70-36-35-67-43-44-18-5-3-6-19-44)41-54(62-73-57-28-13-16-34-69-57)52-39-46(21-11-14-31-64)51(27-12-15-32-65)58(59(52)61)53-40-48(29-30-55(53)72-61)68-37-38-74-49-24-7-4-8-25-49/h2-10,17-20,22-26,29-30,39-40,46,51,56-59,64-65H,1,11-16,21,27-28,31-38,41-43H2/t46-,51+,56-,57?,58+,59+,61+/m0/s1. The summed E-state index contributed by atoms with van der Waals surface area (Å²) >= 11 is 1.75. The number of benzene rings is 5. The van der Waals surface area contributed by atoms with Gasteiger partial charge in [0.2, 0.25) is 12.1 Å². The second kappa shape index (κ2) is 26.7. The maximum absolute atomic E-state index is 15.4. The van der Waals surface area contributed by atoms with Crippen LogP contribution in [0.1, 0.15) is 86.8 Å². The predicted molar refractivity (Wildman–Crippen MR) is 289 cm³/mol. The Labute approximate surface area is 440 Å². The molecule has 5 aromatic carbocycles. The van der Waals surface area contributed by atoms with E-state index >= 15 is 4.79 Å². The number of unbranched alkanes of at least 4 members (excludes halogenated alkanes) is 2. The van der Waals surface area contributed by atoms with E-state index in [0.29, 0.717) is 50.5 Å². The number of hydrogen-bond donors (Lipinski definition) is 2. The highest BCUT2D eigenvalue weighted by atomic mass is 32.2. The fraction of sp³-hybridized carbons (Fsp3) is 0.443. The van der Waals surface area contributed by atoms with Crippen LogP contribution in [0.3, 0.4) is 0 Å². The van der Waals surface area contributed by atoms with Crippen molar-refractivity contribution in [1.82, 2.24) is 4.90 Å². The molecule has 13 heteroatoms. The fourth-order valence-electron chi connectivity index (χ4n) is 11.4. The van der Waals surface area contributed by atoms with Crippen LogP contribution in [0.25, 0.3) is 10.8 Å². The number of aliphatic hydroxyl groups excluding tert-OH is 2. The van der Waals surface area contributed by atoms with Crippen molar-refractivity contribution >= 4 is 34.3 Å². The summed E-state index contributed by atoms with van der Waals surface area (Å²) in [6.07, 6.45) is 10.5. The van der Waals surface area contributed by atoms with Crippen LogP contribution < -0.4 is 9.47 Å². The van der Waals surface area contributed by atoms with E-state index in [1.54, 1.807) is 22.7 Å². The van der Waals surface area contributed by atoms with Crippen LogP contribution in [-0.2, 0) is 36.9 Å². The monoisotopic (exact) mass is 1020 g/mol. The first-order valence-electron chi connectivity index (χ1n) is 26.7. The van der Waals surface area contributed by atoms with Crippen molar-refractivity contribution in [2.75, 3.05) is 52.0 Å². The number of nitrogens with zero attached hydrogens (tertiary/aromatic N) is 2. The zero-order valence-electron chi connectivity index (χ0n) is 42.5. The summed E-state index contributed by atoms with van der Waals surface area (Å²) in [6, 6.07) is 39.9. The zero-order chi connectivity index (χ0) is 51.0. The van der Waals surface area contributed by atoms with Crippen molar-refractivity contribution in [3.05, 3.63) is 162 Å². The van der Waals surface area contributed by atoms with Gasteiger partial charge in [0.05, 0.1) is 51.2 Å². The number of allylic oxidation sites excluding steroid dienone is 1. The third-order valence-corrected chi connectivity index (χ3v) is 15.8. The minimum Gasteiger partial charge on any atom is -0.493 e. The molecular formula is C61H72N2O10S. The first-order chi connectivity index (χ1) is 36.5. The topological polar surface area (TPSA) is 138 Å². The van der Waals surface area contributed by atoms with Gasteiger partial charge in [0.1, 0.15) is 24.1 Å². The minimum atomic E-state index is -1.49. The molecular weight excluding hydrogens is 953 g/mol. The third kappa shape index (κ3) is 12.9. The molecule has 1 unspecified atom stereocenters. The van der Waals surface area contributed by atoms with Crippen LogP contribution in [-0.4, -0.2) is 97.0 Å². The Bertz CT molecular complexity index is 2640. The molecule has 2 N–H and O–H groups in total. The van der Waals surface area contributed by atoms with Crippen molar-refractivity contribution in [3.8, 4) is 11.5 Å². The molecule has 1 amide bonds. The number of hydrogen-bond acceptors (Lipinski definition) is 12. The normalized spacial score (nSPS) is 23.5. The van der Waals surface area contributed by atoms with Crippen molar-refractivity contribution < 1.29 is 48.3 Å². The van der Waals surface area contributed by atoms with E-state index in [1.807, 2.05) is 78.9 Å². The molecule has 2 aliphatic heterocycles. The molecule has 12 nitrogen and oxygen atoms in total. The van der Waals surface area contributed by atoms with Gasteiger partial charge < -0.3 is 43.5 Å². The summed E-state index contributed by atoms with van der Waals surface area (Å²) in [4.78, 5) is 24.7. The lowest BCUT2D eigenvalue weighted by molar-refractivity contribution is -0.256.